The molecule has 0 saturated carbocycles. The van der Waals surface area contributed by atoms with E-state index in [0.717, 1.165) is 18.7 Å². The Morgan fingerprint density at radius 1 is 1.33 bits per heavy atom. The van der Waals surface area contributed by atoms with Gasteiger partial charge in [-0.2, -0.15) is 5.10 Å². The Morgan fingerprint density at radius 2 is 2.11 bits per heavy atom. The van der Waals surface area contributed by atoms with Gasteiger partial charge in [0.05, 0.1) is 5.69 Å². The zero-order valence-corrected chi connectivity index (χ0v) is 11.3. The molecule has 0 amide bonds. The molecule has 0 bridgehead atoms. The van der Waals surface area contributed by atoms with E-state index in [2.05, 4.69) is 40.3 Å². The maximum absolute atomic E-state index is 5.83. The van der Waals surface area contributed by atoms with Crippen molar-refractivity contribution in [2.75, 3.05) is 6.26 Å². The van der Waals surface area contributed by atoms with Crippen LogP contribution < -0.4 is 5.73 Å². The summed E-state index contributed by atoms with van der Waals surface area (Å²) in [5.74, 6) is 0. The molecule has 1 aromatic heterocycles. The largest absolute Gasteiger partial charge is 0.325 e. The summed E-state index contributed by atoms with van der Waals surface area (Å²) < 4.78 is 2.13. The van der Waals surface area contributed by atoms with E-state index in [-0.39, 0.29) is 0 Å². The number of hydrogen-bond acceptors (Lipinski definition) is 3. The average Bonchev–Trinajstić information content (AvgIpc) is 2.98. The second-order valence-corrected chi connectivity index (χ2v) is 5.41. The SMILES string of the molecule is CSc1ccc(-c2c(CN)nn3c2CCC3)cc1. The number of nitrogens with two attached hydrogens (primary N) is 1. The van der Waals surface area contributed by atoms with Gasteiger partial charge >= 0.3 is 0 Å². The lowest BCUT2D eigenvalue weighted by atomic mass is 10.0. The minimum absolute atomic E-state index is 0.514. The third-order valence-electron chi connectivity index (χ3n) is 3.49. The topological polar surface area (TPSA) is 43.8 Å². The van der Waals surface area contributed by atoms with E-state index in [1.54, 1.807) is 11.8 Å². The zero-order valence-electron chi connectivity index (χ0n) is 10.5. The smallest absolute Gasteiger partial charge is 0.0841 e. The Kier molecular flexibility index (Phi) is 3.14. The Hall–Kier alpha value is -1.26. The van der Waals surface area contributed by atoms with Crippen molar-refractivity contribution >= 4 is 11.8 Å². The van der Waals surface area contributed by atoms with Crippen LogP contribution in [0, 0.1) is 0 Å². The highest BCUT2D eigenvalue weighted by Crippen LogP contribution is 2.32. The molecule has 1 aromatic carbocycles. The molecule has 0 saturated heterocycles. The van der Waals surface area contributed by atoms with Crippen LogP contribution in [-0.2, 0) is 19.5 Å². The van der Waals surface area contributed by atoms with Gasteiger partial charge in [0.15, 0.2) is 0 Å². The second kappa shape index (κ2) is 4.78. The molecule has 1 aliphatic rings. The molecule has 3 nitrogen and oxygen atoms in total. The summed E-state index contributed by atoms with van der Waals surface area (Å²) in [4.78, 5) is 1.29. The molecule has 0 fully saturated rings. The molecule has 94 valence electrons. The van der Waals surface area contributed by atoms with Gasteiger partial charge in [0.1, 0.15) is 0 Å². The van der Waals surface area contributed by atoms with E-state index >= 15 is 0 Å². The van der Waals surface area contributed by atoms with Gasteiger partial charge in [-0.1, -0.05) is 12.1 Å². The first kappa shape index (κ1) is 11.8. The predicted molar refractivity (Wildman–Crippen MR) is 75.7 cm³/mol. The minimum atomic E-state index is 0.514. The van der Waals surface area contributed by atoms with Crippen molar-refractivity contribution in [2.45, 2.75) is 30.8 Å². The number of fused-ring (bicyclic) bond motifs is 1. The lowest BCUT2D eigenvalue weighted by Gasteiger charge is -2.05. The van der Waals surface area contributed by atoms with Crippen LogP contribution in [0.4, 0.5) is 0 Å². The quantitative estimate of drug-likeness (QED) is 0.862. The van der Waals surface area contributed by atoms with Crippen molar-refractivity contribution in [3.63, 3.8) is 0 Å². The van der Waals surface area contributed by atoms with Crippen LogP contribution >= 0.6 is 11.8 Å². The van der Waals surface area contributed by atoms with Crippen LogP contribution in [0.3, 0.4) is 0 Å². The van der Waals surface area contributed by atoms with Crippen LogP contribution in [-0.4, -0.2) is 16.0 Å². The van der Waals surface area contributed by atoms with Crippen LogP contribution in [0.5, 0.6) is 0 Å². The van der Waals surface area contributed by atoms with Gasteiger partial charge < -0.3 is 5.73 Å². The van der Waals surface area contributed by atoms with E-state index < -0.39 is 0 Å². The van der Waals surface area contributed by atoms with E-state index in [1.165, 1.54) is 28.1 Å². The van der Waals surface area contributed by atoms with Crippen molar-refractivity contribution in [1.82, 2.24) is 9.78 Å². The van der Waals surface area contributed by atoms with E-state index in [1.807, 2.05) is 0 Å². The van der Waals surface area contributed by atoms with Gasteiger partial charge in [-0.15, -0.1) is 11.8 Å². The van der Waals surface area contributed by atoms with Crippen molar-refractivity contribution in [3.05, 3.63) is 35.7 Å². The molecule has 2 aromatic rings. The molecule has 2 heterocycles. The normalized spacial score (nSPS) is 13.9. The molecule has 0 atom stereocenters. The molecule has 0 aliphatic carbocycles. The molecule has 4 heteroatoms. The number of nitrogens with zero attached hydrogens (tertiary/aromatic N) is 2. The number of rotatable bonds is 3. The summed E-state index contributed by atoms with van der Waals surface area (Å²) in [5.41, 5.74) is 10.7. The molecule has 2 N–H and O–H groups in total. The van der Waals surface area contributed by atoms with E-state index in [0.29, 0.717) is 6.54 Å². The summed E-state index contributed by atoms with van der Waals surface area (Å²) >= 11 is 1.76. The maximum Gasteiger partial charge on any atom is 0.0841 e. The Balaban J connectivity index is 2.09. The summed E-state index contributed by atoms with van der Waals surface area (Å²) in [6.07, 6.45) is 4.41. The Morgan fingerprint density at radius 3 is 2.78 bits per heavy atom. The standard InChI is InChI=1S/C14H17N3S/c1-18-11-6-4-10(5-7-11)14-12(9-15)16-17-8-2-3-13(14)17/h4-7H,2-3,8-9,15H2,1H3. The van der Waals surface area contributed by atoms with Gasteiger partial charge in [0.25, 0.3) is 0 Å². The van der Waals surface area contributed by atoms with Gasteiger partial charge in [0.2, 0.25) is 0 Å². The molecule has 18 heavy (non-hydrogen) atoms. The van der Waals surface area contributed by atoms with Crippen molar-refractivity contribution < 1.29 is 0 Å². The van der Waals surface area contributed by atoms with Gasteiger partial charge in [0, 0.05) is 29.2 Å². The van der Waals surface area contributed by atoms with Gasteiger partial charge in [-0.25, -0.2) is 0 Å². The fraction of sp³-hybridized carbons (Fsp3) is 0.357. The summed E-state index contributed by atoms with van der Waals surface area (Å²) in [6.45, 7) is 1.55. The highest BCUT2D eigenvalue weighted by Gasteiger charge is 2.21. The van der Waals surface area contributed by atoms with Crippen LogP contribution in [0.15, 0.2) is 29.2 Å². The van der Waals surface area contributed by atoms with Crippen LogP contribution in [0.1, 0.15) is 17.8 Å². The zero-order chi connectivity index (χ0) is 12.5. The number of aromatic nitrogens is 2. The van der Waals surface area contributed by atoms with E-state index in [9.17, 15) is 0 Å². The second-order valence-electron chi connectivity index (χ2n) is 4.53. The first-order chi connectivity index (χ1) is 8.83. The van der Waals surface area contributed by atoms with Crippen LogP contribution in [0.2, 0.25) is 0 Å². The molecule has 3 rings (SSSR count). The number of aryl methyl sites for hydroxylation is 1. The monoisotopic (exact) mass is 259 g/mol. The number of benzene rings is 1. The fourth-order valence-electron chi connectivity index (χ4n) is 2.62. The molecule has 1 aliphatic heterocycles. The lowest BCUT2D eigenvalue weighted by molar-refractivity contribution is 0.644. The average molecular weight is 259 g/mol. The molecule has 0 spiro atoms. The fourth-order valence-corrected chi connectivity index (χ4v) is 3.03. The van der Waals surface area contributed by atoms with Gasteiger partial charge in [-0.05, 0) is 36.8 Å². The van der Waals surface area contributed by atoms with Crippen molar-refractivity contribution in [3.8, 4) is 11.1 Å². The summed E-state index contributed by atoms with van der Waals surface area (Å²) in [7, 11) is 0. The first-order valence-electron chi connectivity index (χ1n) is 6.26. The molecular formula is C14H17N3S. The third-order valence-corrected chi connectivity index (χ3v) is 4.23. The minimum Gasteiger partial charge on any atom is -0.325 e. The lowest BCUT2D eigenvalue weighted by Crippen LogP contribution is -2.01. The van der Waals surface area contributed by atoms with E-state index in [4.69, 9.17) is 5.73 Å². The van der Waals surface area contributed by atoms with Crippen molar-refractivity contribution in [2.24, 2.45) is 5.73 Å². The van der Waals surface area contributed by atoms with Crippen LogP contribution in [0.25, 0.3) is 11.1 Å². The summed E-state index contributed by atoms with van der Waals surface area (Å²) in [6, 6.07) is 8.70. The third kappa shape index (κ3) is 1.85. The highest BCUT2D eigenvalue weighted by atomic mass is 32.2. The predicted octanol–water partition coefficient (Wildman–Crippen LogP) is 2.68. The van der Waals surface area contributed by atoms with Crippen molar-refractivity contribution in [1.29, 1.82) is 0 Å². The highest BCUT2D eigenvalue weighted by molar-refractivity contribution is 7.98. The number of thioether (sulfide) groups is 1. The molecule has 0 unspecified atom stereocenters. The molecular weight excluding hydrogens is 242 g/mol. The number of hydrogen-bond donors (Lipinski definition) is 1. The van der Waals surface area contributed by atoms with Gasteiger partial charge in [-0.3, -0.25) is 4.68 Å². The summed E-state index contributed by atoms with van der Waals surface area (Å²) in [5, 5.41) is 4.61. The Labute approximate surface area is 111 Å². The first-order valence-corrected chi connectivity index (χ1v) is 7.49. The Bertz CT molecular complexity index is 557. The molecule has 0 radical (unpaired) electrons. The maximum atomic E-state index is 5.83.